The predicted molar refractivity (Wildman–Crippen MR) is 78.5 cm³/mol. The Labute approximate surface area is 128 Å². The first-order valence-corrected chi connectivity index (χ1v) is 7.31. The molecule has 0 saturated carbocycles. The third-order valence-corrected chi connectivity index (χ3v) is 3.73. The van der Waals surface area contributed by atoms with Crippen LogP contribution in [0.25, 0.3) is 0 Å². The first kappa shape index (κ1) is 15.6. The van der Waals surface area contributed by atoms with E-state index in [1.165, 1.54) is 0 Å². The van der Waals surface area contributed by atoms with E-state index in [0.29, 0.717) is 49.8 Å². The second-order valence-corrected chi connectivity index (χ2v) is 5.23. The zero-order valence-electron chi connectivity index (χ0n) is 11.9. The SMILES string of the molecule is CCOC(=O)C1Cc2cc(OCCNC=O)cc(Cl)c2C1. The molecule has 5 nitrogen and oxygen atoms in total. The number of carbonyl (C=O) groups is 2. The van der Waals surface area contributed by atoms with Gasteiger partial charge in [-0.1, -0.05) is 11.6 Å². The molecule has 0 fully saturated rings. The number of esters is 1. The molecule has 2 rings (SSSR count). The van der Waals surface area contributed by atoms with Gasteiger partial charge in [0.25, 0.3) is 0 Å². The van der Waals surface area contributed by atoms with E-state index < -0.39 is 0 Å². The smallest absolute Gasteiger partial charge is 0.309 e. The summed E-state index contributed by atoms with van der Waals surface area (Å²) >= 11 is 6.26. The van der Waals surface area contributed by atoms with Gasteiger partial charge in [-0.3, -0.25) is 9.59 Å². The van der Waals surface area contributed by atoms with Crippen LogP contribution in [-0.4, -0.2) is 32.1 Å². The van der Waals surface area contributed by atoms with E-state index in [2.05, 4.69) is 5.32 Å². The first-order chi connectivity index (χ1) is 10.2. The quantitative estimate of drug-likeness (QED) is 0.473. The lowest BCUT2D eigenvalue weighted by Crippen LogP contribution is -2.19. The van der Waals surface area contributed by atoms with Gasteiger partial charge in [0.15, 0.2) is 0 Å². The lowest BCUT2D eigenvalue weighted by Gasteiger charge is -2.09. The highest BCUT2D eigenvalue weighted by molar-refractivity contribution is 6.31. The number of halogens is 1. The van der Waals surface area contributed by atoms with Crippen molar-refractivity contribution in [1.82, 2.24) is 5.32 Å². The van der Waals surface area contributed by atoms with Gasteiger partial charge in [-0.25, -0.2) is 0 Å². The zero-order chi connectivity index (χ0) is 15.2. The van der Waals surface area contributed by atoms with Crippen molar-refractivity contribution in [2.24, 2.45) is 5.92 Å². The van der Waals surface area contributed by atoms with Crippen molar-refractivity contribution >= 4 is 24.0 Å². The third kappa shape index (κ3) is 3.88. The number of benzene rings is 1. The Morgan fingerprint density at radius 1 is 1.48 bits per heavy atom. The van der Waals surface area contributed by atoms with E-state index in [1.54, 1.807) is 13.0 Å². The maximum absolute atomic E-state index is 11.8. The summed E-state index contributed by atoms with van der Waals surface area (Å²) in [7, 11) is 0. The molecule has 1 amide bonds. The predicted octanol–water partition coefficient (Wildman–Crippen LogP) is 1.74. The number of hydrogen-bond donors (Lipinski definition) is 1. The van der Waals surface area contributed by atoms with Crippen LogP contribution in [0.2, 0.25) is 5.02 Å². The van der Waals surface area contributed by atoms with Crippen LogP contribution in [0.15, 0.2) is 12.1 Å². The number of hydrogen-bond acceptors (Lipinski definition) is 4. The summed E-state index contributed by atoms with van der Waals surface area (Å²) in [5, 5.41) is 3.13. The number of ether oxygens (including phenoxy) is 2. The summed E-state index contributed by atoms with van der Waals surface area (Å²) in [5.41, 5.74) is 2.02. The second-order valence-electron chi connectivity index (χ2n) is 4.82. The lowest BCUT2D eigenvalue weighted by atomic mass is 10.1. The zero-order valence-corrected chi connectivity index (χ0v) is 12.6. The summed E-state index contributed by atoms with van der Waals surface area (Å²) in [4.78, 5) is 22.0. The Morgan fingerprint density at radius 2 is 2.29 bits per heavy atom. The minimum absolute atomic E-state index is 0.163. The summed E-state index contributed by atoms with van der Waals surface area (Å²) in [5.74, 6) is 0.308. The van der Waals surface area contributed by atoms with Crippen molar-refractivity contribution in [3.05, 3.63) is 28.3 Å². The molecule has 21 heavy (non-hydrogen) atoms. The summed E-state index contributed by atoms with van der Waals surface area (Å²) < 4.78 is 10.6. The maximum Gasteiger partial charge on any atom is 0.309 e. The highest BCUT2D eigenvalue weighted by Gasteiger charge is 2.30. The highest BCUT2D eigenvalue weighted by Crippen LogP contribution is 2.36. The van der Waals surface area contributed by atoms with Crippen LogP contribution in [0.1, 0.15) is 18.1 Å². The van der Waals surface area contributed by atoms with E-state index in [4.69, 9.17) is 21.1 Å². The lowest BCUT2D eigenvalue weighted by molar-refractivity contribution is -0.147. The van der Waals surface area contributed by atoms with Crippen molar-refractivity contribution < 1.29 is 19.1 Å². The molecule has 114 valence electrons. The van der Waals surface area contributed by atoms with Crippen molar-refractivity contribution in [1.29, 1.82) is 0 Å². The van der Waals surface area contributed by atoms with Crippen LogP contribution in [0, 0.1) is 5.92 Å². The Hall–Kier alpha value is -1.75. The Balaban J connectivity index is 2.02. The van der Waals surface area contributed by atoms with Crippen molar-refractivity contribution in [3.8, 4) is 5.75 Å². The third-order valence-electron chi connectivity index (χ3n) is 3.40. The van der Waals surface area contributed by atoms with Crippen molar-refractivity contribution in [3.63, 3.8) is 0 Å². The Kier molecular flexibility index (Phi) is 5.44. The molecule has 1 aliphatic rings. The molecule has 6 heteroatoms. The first-order valence-electron chi connectivity index (χ1n) is 6.93. The molecule has 1 unspecified atom stereocenters. The fraction of sp³-hybridized carbons (Fsp3) is 0.467. The number of nitrogens with one attached hydrogen (secondary N) is 1. The summed E-state index contributed by atoms with van der Waals surface area (Å²) in [6.45, 7) is 2.99. The van der Waals surface area contributed by atoms with Gasteiger partial charge < -0.3 is 14.8 Å². The molecule has 0 radical (unpaired) electrons. The minimum atomic E-state index is -0.178. The van der Waals surface area contributed by atoms with Crippen LogP contribution >= 0.6 is 11.6 Å². The molecule has 0 spiro atoms. The van der Waals surface area contributed by atoms with Crippen LogP contribution in [0.4, 0.5) is 0 Å². The summed E-state index contributed by atoms with van der Waals surface area (Å²) in [6, 6.07) is 3.65. The van der Waals surface area contributed by atoms with Gasteiger partial charge in [0.1, 0.15) is 12.4 Å². The largest absolute Gasteiger partial charge is 0.492 e. The molecule has 1 aromatic carbocycles. The van der Waals surface area contributed by atoms with Crippen LogP contribution < -0.4 is 10.1 Å². The molecular weight excluding hydrogens is 294 g/mol. The van der Waals surface area contributed by atoms with Gasteiger partial charge in [0, 0.05) is 5.02 Å². The van der Waals surface area contributed by atoms with Crippen LogP contribution in [0.3, 0.4) is 0 Å². The van der Waals surface area contributed by atoms with Crippen LogP contribution in [0.5, 0.6) is 5.75 Å². The Morgan fingerprint density at radius 3 is 3.00 bits per heavy atom. The van der Waals surface area contributed by atoms with E-state index >= 15 is 0 Å². The monoisotopic (exact) mass is 311 g/mol. The summed E-state index contributed by atoms with van der Waals surface area (Å²) in [6.07, 6.45) is 1.86. The van der Waals surface area contributed by atoms with Crippen molar-refractivity contribution in [2.45, 2.75) is 19.8 Å². The molecule has 0 aromatic heterocycles. The molecule has 0 heterocycles. The molecule has 1 aliphatic carbocycles. The van der Waals surface area contributed by atoms with Crippen LogP contribution in [-0.2, 0) is 27.2 Å². The standard InChI is InChI=1S/C15H18ClNO4/c1-2-20-15(19)11-5-10-6-12(21-4-3-17-9-18)8-14(16)13(10)7-11/h6,8-9,11H,2-5,7H2,1H3,(H,17,18). The minimum Gasteiger partial charge on any atom is -0.492 e. The van der Waals surface area contributed by atoms with E-state index in [1.807, 2.05) is 6.07 Å². The Bertz CT molecular complexity index is 533. The van der Waals surface area contributed by atoms with Gasteiger partial charge in [-0.2, -0.15) is 0 Å². The van der Waals surface area contributed by atoms with Gasteiger partial charge in [0.05, 0.1) is 19.1 Å². The van der Waals surface area contributed by atoms with Gasteiger partial charge in [-0.05, 0) is 43.0 Å². The van der Waals surface area contributed by atoms with E-state index in [-0.39, 0.29) is 11.9 Å². The fourth-order valence-electron chi connectivity index (χ4n) is 2.46. The average molecular weight is 312 g/mol. The number of fused-ring (bicyclic) bond motifs is 1. The molecule has 1 atom stereocenters. The topological polar surface area (TPSA) is 64.6 Å². The number of amides is 1. The van der Waals surface area contributed by atoms with Gasteiger partial charge in [0.2, 0.25) is 6.41 Å². The fourth-order valence-corrected chi connectivity index (χ4v) is 2.76. The molecule has 0 aliphatic heterocycles. The van der Waals surface area contributed by atoms with Crippen molar-refractivity contribution in [2.75, 3.05) is 19.8 Å². The number of rotatable bonds is 7. The van der Waals surface area contributed by atoms with Gasteiger partial charge >= 0.3 is 5.97 Å². The molecule has 0 bridgehead atoms. The maximum atomic E-state index is 11.8. The van der Waals surface area contributed by atoms with Gasteiger partial charge in [-0.15, -0.1) is 0 Å². The molecule has 1 aromatic rings. The molecular formula is C15H18ClNO4. The molecule has 0 saturated heterocycles. The van der Waals surface area contributed by atoms with E-state index in [0.717, 1.165) is 11.1 Å². The molecule has 1 N–H and O–H groups in total. The average Bonchev–Trinajstić information content (AvgIpc) is 2.89. The second kappa shape index (κ2) is 7.31. The number of carbonyl (C=O) groups excluding carboxylic acids is 2. The van der Waals surface area contributed by atoms with E-state index in [9.17, 15) is 9.59 Å². The normalized spacial score (nSPS) is 16.2. The highest BCUT2D eigenvalue weighted by atomic mass is 35.5.